The van der Waals surface area contributed by atoms with Gasteiger partial charge in [-0.15, -0.1) is 0 Å². The Morgan fingerprint density at radius 2 is 1.81 bits per heavy atom. The van der Waals surface area contributed by atoms with E-state index in [0.717, 1.165) is 0 Å². The number of hydrogen-bond donors (Lipinski definition) is 1. The van der Waals surface area contributed by atoms with Crippen LogP contribution in [-0.2, 0) is 10.0 Å². The Morgan fingerprint density at radius 3 is 2.29 bits per heavy atom. The Morgan fingerprint density at radius 1 is 1.19 bits per heavy atom. The largest absolute Gasteiger partial charge is 0.349 e. The number of rotatable bonds is 4. The van der Waals surface area contributed by atoms with Gasteiger partial charge >= 0.3 is 0 Å². The first kappa shape index (κ1) is 15.8. The lowest BCUT2D eigenvalue weighted by atomic mass is 10.1. The van der Waals surface area contributed by atoms with Crippen molar-refractivity contribution in [1.82, 2.24) is 5.32 Å². The lowest BCUT2D eigenvalue weighted by Crippen LogP contribution is -2.36. The predicted octanol–water partition coefficient (Wildman–Crippen LogP) is 2.00. The average Bonchev–Trinajstić information content (AvgIpc) is 2.78. The second kappa shape index (κ2) is 6.05. The average molecular weight is 310 g/mol. The fourth-order valence-corrected chi connectivity index (χ4v) is 3.73. The Labute approximate surface area is 126 Å². The Kier molecular flexibility index (Phi) is 4.56. The lowest BCUT2D eigenvalue weighted by molar-refractivity contribution is 0.0930. The highest BCUT2D eigenvalue weighted by Gasteiger charge is 2.28. The molecule has 1 aliphatic heterocycles. The maximum absolute atomic E-state index is 12.1. The van der Waals surface area contributed by atoms with E-state index in [2.05, 4.69) is 5.32 Å². The molecule has 21 heavy (non-hydrogen) atoms. The van der Waals surface area contributed by atoms with Gasteiger partial charge in [-0.05, 0) is 43.5 Å². The number of hydrogen-bond acceptors (Lipinski definition) is 3. The summed E-state index contributed by atoms with van der Waals surface area (Å²) in [7, 11) is -3.17. The number of benzene rings is 1. The van der Waals surface area contributed by atoms with Gasteiger partial charge in [0.15, 0.2) is 0 Å². The van der Waals surface area contributed by atoms with Crippen molar-refractivity contribution < 1.29 is 13.2 Å². The molecular weight excluding hydrogens is 288 g/mol. The molecule has 1 heterocycles. The van der Waals surface area contributed by atoms with Gasteiger partial charge in [-0.2, -0.15) is 0 Å². The number of sulfonamides is 1. The molecule has 1 aromatic carbocycles. The summed E-state index contributed by atoms with van der Waals surface area (Å²) in [5, 5.41) is 2.93. The molecule has 0 spiro atoms. The molecule has 0 aromatic heterocycles. The van der Waals surface area contributed by atoms with Crippen molar-refractivity contribution in [3.05, 3.63) is 29.8 Å². The van der Waals surface area contributed by atoms with E-state index in [-0.39, 0.29) is 17.7 Å². The van der Waals surface area contributed by atoms with Crippen LogP contribution in [0.15, 0.2) is 24.3 Å². The van der Waals surface area contributed by atoms with Gasteiger partial charge < -0.3 is 5.32 Å². The standard InChI is InChI=1S/C15H22N2O3S/c1-11(2)12(3)16-15(18)13-5-7-14(8-6-13)17-9-4-10-21(17,19)20/h5-8,11-12H,4,9-10H2,1-3H3,(H,16,18). The monoisotopic (exact) mass is 310 g/mol. The molecule has 1 fully saturated rings. The zero-order valence-corrected chi connectivity index (χ0v) is 13.5. The quantitative estimate of drug-likeness (QED) is 0.925. The molecule has 1 aromatic rings. The number of anilines is 1. The van der Waals surface area contributed by atoms with Crippen molar-refractivity contribution in [2.24, 2.45) is 5.92 Å². The highest BCUT2D eigenvalue weighted by Crippen LogP contribution is 2.24. The minimum Gasteiger partial charge on any atom is -0.349 e. The van der Waals surface area contributed by atoms with E-state index < -0.39 is 10.0 Å². The summed E-state index contributed by atoms with van der Waals surface area (Å²) in [5.74, 6) is 0.427. The summed E-state index contributed by atoms with van der Waals surface area (Å²) in [5.41, 5.74) is 1.17. The summed E-state index contributed by atoms with van der Waals surface area (Å²) in [6.07, 6.45) is 0.649. The number of amides is 1. The van der Waals surface area contributed by atoms with E-state index in [1.807, 2.05) is 20.8 Å². The predicted molar refractivity (Wildman–Crippen MR) is 84.0 cm³/mol. The molecule has 0 radical (unpaired) electrons. The zero-order chi connectivity index (χ0) is 15.6. The summed E-state index contributed by atoms with van der Waals surface area (Å²) < 4.78 is 25.1. The second-order valence-corrected chi connectivity index (χ2v) is 7.81. The van der Waals surface area contributed by atoms with Gasteiger partial charge in [0.1, 0.15) is 0 Å². The fraction of sp³-hybridized carbons (Fsp3) is 0.533. The molecule has 1 saturated heterocycles. The molecule has 116 valence electrons. The Balaban J connectivity index is 2.11. The maximum atomic E-state index is 12.1. The Hall–Kier alpha value is -1.56. The van der Waals surface area contributed by atoms with Crippen LogP contribution in [0.4, 0.5) is 5.69 Å². The maximum Gasteiger partial charge on any atom is 0.251 e. The molecule has 0 aliphatic carbocycles. The fourth-order valence-electron chi connectivity index (χ4n) is 2.17. The molecule has 1 N–H and O–H groups in total. The second-order valence-electron chi connectivity index (χ2n) is 5.79. The molecule has 1 aliphatic rings. The molecule has 6 heteroatoms. The number of carbonyl (C=O) groups is 1. The van der Waals surface area contributed by atoms with Gasteiger partial charge in [-0.25, -0.2) is 8.42 Å². The normalized spacial score (nSPS) is 18.8. The zero-order valence-electron chi connectivity index (χ0n) is 12.7. The molecule has 0 bridgehead atoms. The van der Waals surface area contributed by atoms with Crippen molar-refractivity contribution in [1.29, 1.82) is 0 Å². The van der Waals surface area contributed by atoms with Gasteiger partial charge in [-0.1, -0.05) is 13.8 Å². The lowest BCUT2D eigenvalue weighted by Gasteiger charge is -2.19. The van der Waals surface area contributed by atoms with Crippen LogP contribution >= 0.6 is 0 Å². The van der Waals surface area contributed by atoms with E-state index in [9.17, 15) is 13.2 Å². The van der Waals surface area contributed by atoms with Gasteiger partial charge in [0, 0.05) is 18.2 Å². The molecule has 1 amide bonds. The van der Waals surface area contributed by atoms with Crippen LogP contribution in [0, 0.1) is 5.92 Å². The van der Waals surface area contributed by atoms with Crippen LogP contribution < -0.4 is 9.62 Å². The third-order valence-electron chi connectivity index (χ3n) is 3.88. The number of nitrogens with one attached hydrogen (secondary N) is 1. The molecular formula is C15H22N2O3S. The van der Waals surface area contributed by atoms with Crippen LogP contribution in [0.25, 0.3) is 0 Å². The van der Waals surface area contributed by atoms with Gasteiger partial charge in [0.25, 0.3) is 5.91 Å². The van der Waals surface area contributed by atoms with Gasteiger partial charge in [0.2, 0.25) is 10.0 Å². The first-order valence-electron chi connectivity index (χ1n) is 7.22. The van der Waals surface area contributed by atoms with Crippen LogP contribution in [0.5, 0.6) is 0 Å². The summed E-state index contributed by atoms with van der Waals surface area (Å²) >= 11 is 0. The smallest absolute Gasteiger partial charge is 0.251 e. The topological polar surface area (TPSA) is 66.5 Å². The van der Waals surface area contributed by atoms with Gasteiger partial charge in [0.05, 0.1) is 11.4 Å². The number of carbonyl (C=O) groups excluding carboxylic acids is 1. The van der Waals surface area contributed by atoms with E-state index in [1.54, 1.807) is 24.3 Å². The Bertz CT molecular complexity index is 608. The summed E-state index contributed by atoms with van der Waals surface area (Å²) in [6, 6.07) is 6.82. The summed E-state index contributed by atoms with van der Waals surface area (Å²) in [6.45, 7) is 6.57. The minimum atomic E-state index is -3.17. The molecule has 2 rings (SSSR count). The van der Waals surface area contributed by atoms with Crippen molar-refractivity contribution in [2.45, 2.75) is 33.2 Å². The highest BCUT2D eigenvalue weighted by molar-refractivity contribution is 7.93. The van der Waals surface area contributed by atoms with Crippen molar-refractivity contribution >= 4 is 21.6 Å². The van der Waals surface area contributed by atoms with Crippen molar-refractivity contribution in [3.8, 4) is 0 Å². The van der Waals surface area contributed by atoms with E-state index >= 15 is 0 Å². The van der Waals surface area contributed by atoms with Gasteiger partial charge in [-0.3, -0.25) is 9.10 Å². The van der Waals surface area contributed by atoms with Crippen LogP contribution in [0.1, 0.15) is 37.6 Å². The van der Waals surface area contributed by atoms with E-state index in [4.69, 9.17) is 0 Å². The van der Waals surface area contributed by atoms with Crippen LogP contribution in [0.2, 0.25) is 0 Å². The highest BCUT2D eigenvalue weighted by atomic mass is 32.2. The first-order chi connectivity index (χ1) is 9.81. The summed E-state index contributed by atoms with van der Waals surface area (Å²) in [4.78, 5) is 12.1. The van der Waals surface area contributed by atoms with E-state index in [1.165, 1.54) is 4.31 Å². The number of nitrogens with zero attached hydrogens (tertiary/aromatic N) is 1. The minimum absolute atomic E-state index is 0.0936. The molecule has 0 saturated carbocycles. The molecule has 1 unspecified atom stereocenters. The third-order valence-corrected chi connectivity index (χ3v) is 5.75. The van der Waals surface area contributed by atoms with Crippen molar-refractivity contribution in [2.75, 3.05) is 16.6 Å². The molecule has 5 nitrogen and oxygen atoms in total. The van der Waals surface area contributed by atoms with Crippen LogP contribution in [0.3, 0.4) is 0 Å². The third kappa shape index (κ3) is 3.56. The SMILES string of the molecule is CC(C)C(C)NC(=O)c1ccc(N2CCCS2(=O)=O)cc1. The van der Waals surface area contributed by atoms with E-state index in [0.29, 0.717) is 30.1 Å². The first-order valence-corrected chi connectivity index (χ1v) is 8.83. The van der Waals surface area contributed by atoms with Crippen LogP contribution in [-0.4, -0.2) is 32.7 Å². The van der Waals surface area contributed by atoms with Crippen molar-refractivity contribution in [3.63, 3.8) is 0 Å². The molecule has 1 atom stereocenters.